The number of ether oxygens (including phenoxy) is 1. The number of nitrogens with one attached hydrogen (secondary N) is 1. The molecule has 2 amide bonds. The van der Waals surface area contributed by atoms with Gasteiger partial charge in [-0.2, -0.15) is 0 Å². The highest BCUT2D eigenvalue weighted by Gasteiger charge is 2.46. The summed E-state index contributed by atoms with van der Waals surface area (Å²) in [7, 11) is 0. The first-order valence-electron chi connectivity index (χ1n) is 13.7. The first-order chi connectivity index (χ1) is 17.6. The van der Waals surface area contributed by atoms with Gasteiger partial charge in [0.05, 0.1) is 13.2 Å². The number of carbonyl (C=O) groups is 2. The maximum atomic E-state index is 13.7. The van der Waals surface area contributed by atoms with Crippen LogP contribution < -0.4 is 5.32 Å². The minimum atomic E-state index is -0.389. The van der Waals surface area contributed by atoms with Crippen LogP contribution in [0.4, 0.5) is 4.39 Å². The van der Waals surface area contributed by atoms with Gasteiger partial charge in [0.15, 0.2) is 0 Å². The third-order valence-electron chi connectivity index (χ3n) is 8.05. The van der Waals surface area contributed by atoms with Crippen LogP contribution in [-0.4, -0.2) is 116 Å². The topological polar surface area (TPSA) is 68.4 Å². The monoisotopic (exact) mass is 501 g/mol. The van der Waals surface area contributed by atoms with E-state index in [9.17, 15) is 14.0 Å². The highest BCUT2D eigenvalue weighted by atomic mass is 19.1. The molecule has 1 N–H and O–H groups in total. The zero-order valence-electron chi connectivity index (χ0n) is 21.2. The predicted octanol–water partition coefficient (Wildman–Crippen LogP) is 1.16. The number of halogens is 1. The normalized spacial score (nSPS) is 25.8. The molecule has 1 saturated carbocycles. The largest absolute Gasteiger partial charge is 0.379 e. The van der Waals surface area contributed by atoms with Crippen LogP contribution in [0.3, 0.4) is 0 Å². The van der Waals surface area contributed by atoms with E-state index in [4.69, 9.17) is 4.74 Å². The first kappa shape index (κ1) is 25.6. The van der Waals surface area contributed by atoms with Gasteiger partial charge >= 0.3 is 0 Å². The van der Waals surface area contributed by atoms with Crippen LogP contribution in [0, 0.1) is 11.7 Å². The summed E-state index contributed by atoms with van der Waals surface area (Å²) in [6.45, 7) is 9.53. The van der Waals surface area contributed by atoms with Crippen LogP contribution in [0.15, 0.2) is 24.3 Å². The van der Waals surface area contributed by atoms with Crippen LogP contribution in [0.25, 0.3) is 0 Å². The van der Waals surface area contributed by atoms with Crippen LogP contribution in [0.2, 0.25) is 0 Å². The molecule has 0 aromatic heterocycles. The van der Waals surface area contributed by atoms with Gasteiger partial charge in [-0.3, -0.25) is 19.4 Å². The number of hydrogen-bond donors (Lipinski definition) is 1. The van der Waals surface area contributed by atoms with Crippen molar-refractivity contribution in [2.75, 3.05) is 72.1 Å². The minimum absolute atomic E-state index is 0.0868. The molecule has 1 aromatic carbocycles. The Kier molecular flexibility index (Phi) is 8.51. The molecule has 3 heterocycles. The summed E-state index contributed by atoms with van der Waals surface area (Å²) in [5, 5.41) is 3.37. The van der Waals surface area contributed by atoms with Crippen LogP contribution in [-0.2, 0) is 20.9 Å². The second-order valence-electron chi connectivity index (χ2n) is 10.6. The Hall–Kier alpha value is -2.07. The average Bonchev–Trinajstić information content (AvgIpc) is 3.71. The molecule has 4 fully saturated rings. The number of carbonyl (C=O) groups excluding carboxylic acids is 2. The highest BCUT2D eigenvalue weighted by molar-refractivity contribution is 5.90. The van der Waals surface area contributed by atoms with Gasteiger partial charge in [0.2, 0.25) is 11.8 Å². The Bertz CT molecular complexity index is 882. The van der Waals surface area contributed by atoms with E-state index >= 15 is 0 Å². The van der Waals surface area contributed by atoms with E-state index in [0.717, 1.165) is 83.9 Å². The van der Waals surface area contributed by atoms with E-state index in [-0.39, 0.29) is 35.6 Å². The Morgan fingerprint density at radius 3 is 2.56 bits per heavy atom. The zero-order valence-corrected chi connectivity index (χ0v) is 21.2. The predicted molar refractivity (Wildman–Crippen MR) is 135 cm³/mol. The van der Waals surface area contributed by atoms with E-state index in [1.165, 1.54) is 12.1 Å². The molecule has 0 bridgehead atoms. The Morgan fingerprint density at radius 1 is 1.03 bits per heavy atom. The van der Waals surface area contributed by atoms with Gasteiger partial charge in [-0.15, -0.1) is 0 Å². The van der Waals surface area contributed by atoms with Gasteiger partial charge in [-0.25, -0.2) is 4.39 Å². The maximum absolute atomic E-state index is 13.7. The summed E-state index contributed by atoms with van der Waals surface area (Å²) >= 11 is 0. The number of morpholine rings is 1. The third kappa shape index (κ3) is 6.43. The Labute approximate surface area is 213 Å². The van der Waals surface area contributed by atoms with Gasteiger partial charge in [-0.1, -0.05) is 12.1 Å². The lowest BCUT2D eigenvalue weighted by Crippen LogP contribution is -2.49. The second-order valence-corrected chi connectivity index (χ2v) is 10.6. The summed E-state index contributed by atoms with van der Waals surface area (Å²) in [5.41, 5.74) is 1.05. The molecule has 1 aliphatic carbocycles. The number of likely N-dealkylation sites (tertiary alicyclic amines) is 1. The molecular formula is C27H40FN5O3. The second kappa shape index (κ2) is 12.0. The van der Waals surface area contributed by atoms with Crippen molar-refractivity contribution in [3.63, 3.8) is 0 Å². The molecule has 0 spiro atoms. The van der Waals surface area contributed by atoms with Gasteiger partial charge in [0, 0.05) is 70.9 Å². The summed E-state index contributed by atoms with van der Waals surface area (Å²) in [6, 6.07) is 6.40. The van der Waals surface area contributed by atoms with E-state index in [1.807, 2.05) is 21.9 Å². The van der Waals surface area contributed by atoms with Crippen molar-refractivity contribution in [3.05, 3.63) is 35.6 Å². The lowest BCUT2D eigenvalue weighted by atomic mass is 10.1. The van der Waals surface area contributed by atoms with Gasteiger partial charge in [0.25, 0.3) is 0 Å². The molecule has 1 aromatic rings. The molecule has 5 rings (SSSR count). The van der Waals surface area contributed by atoms with Crippen molar-refractivity contribution in [2.24, 2.45) is 5.92 Å². The number of benzene rings is 1. The molecule has 3 saturated heterocycles. The van der Waals surface area contributed by atoms with Crippen molar-refractivity contribution in [2.45, 2.75) is 44.3 Å². The Balaban J connectivity index is 1.33. The summed E-state index contributed by atoms with van der Waals surface area (Å²) in [5.74, 6) is 0.103. The van der Waals surface area contributed by atoms with E-state index in [2.05, 4.69) is 15.1 Å². The quantitative estimate of drug-likeness (QED) is 0.577. The van der Waals surface area contributed by atoms with E-state index < -0.39 is 0 Å². The fourth-order valence-electron chi connectivity index (χ4n) is 5.71. The van der Waals surface area contributed by atoms with Crippen LogP contribution >= 0.6 is 0 Å². The van der Waals surface area contributed by atoms with Crippen molar-refractivity contribution in [1.82, 2.24) is 24.9 Å². The fourth-order valence-corrected chi connectivity index (χ4v) is 5.71. The summed E-state index contributed by atoms with van der Waals surface area (Å²) in [6.07, 6.45) is 3.47. The number of hydrogen-bond acceptors (Lipinski definition) is 6. The molecule has 198 valence electrons. The standard InChI is InChI=1S/C27H40FN5O3/c28-23-6-2-21(3-7-23)19-32(13-12-30-14-16-36-17-15-30)24-18-25(33(20-24)26(34)22-4-5-22)27(35)31-10-1-8-29-9-11-31/h2-3,6-7,22,24-25,29H,1,4-5,8-20H2. The SMILES string of the molecule is O=C(C1CC(N(CCN2CCOCC2)Cc2ccc(F)cc2)CN1C(=O)C1CC1)N1CCCNCC1. The average molecular weight is 502 g/mol. The maximum Gasteiger partial charge on any atom is 0.245 e. The van der Waals surface area contributed by atoms with Crippen LogP contribution in [0.1, 0.15) is 31.2 Å². The molecule has 0 radical (unpaired) electrons. The van der Waals surface area contributed by atoms with Gasteiger partial charge < -0.3 is 19.9 Å². The lowest BCUT2D eigenvalue weighted by molar-refractivity contribution is -0.144. The van der Waals surface area contributed by atoms with Gasteiger partial charge in [-0.05, 0) is 49.9 Å². The Morgan fingerprint density at radius 2 is 1.81 bits per heavy atom. The van der Waals surface area contributed by atoms with Crippen molar-refractivity contribution < 1.29 is 18.7 Å². The molecular weight excluding hydrogens is 461 g/mol. The molecule has 2 unspecified atom stereocenters. The fraction of sp³-hybridized carbons (Fsp3) is 0.704. The lowest BCUT2D eigenvalue weighted by Gasteiger charge is -2.33. The number of amides is 2. The molecule has 4 aliphatic rings. The smallest absolute Gasteiger partial charge is 0.245 e. The van der Waals surface area contributed by atoms with Crippen LogP contribution in [0.5, 0.6) is 0 Å². The molecule has 36 heavy (non-hydrogen) atoms. The third-order valence-corrected chi connectivity index (χ3v) is 8.05. The molecule has 8 nitrogen and oxygen atoms in total. The van der Waals surface area contributed by atoms with E-state index in [0.29, 0.717) is 26.1 Å². The summed E-state index contributed by atoms with van der Waals surface area (Å²) in [4.78, 5) is 35.7. The zero-order chi connectivity index (χ0) is 24.9. The van der Waals surface area contributed by atoms with E-state index in [1.54, 1.807) is 0 Å². The molecule has 2 atom stereocenters. The molecule has 3 aliphatic heterocycles. The minimum Gasteiger partial charge on any atom is -0.379 e. The van der Waals surface area contributed by atoms with Crippen molar-refractivity contribution in [1.29, 1.82) is 0 Å². The van der Waals surface area contributed by atoms with Crippen molar-refractivity contribution >= 4 is 11.8 Å². The van der Waals surface area contributed by atoms with Gasteiger partial charge in [0.1, 0.15) is 11.9 Å². The molecule has 9 heteroatoms. The first-order valence-corrected chi connectivity index (χ1v) is 13.7. The van der Waals surface area contributed by atoms with Crippen molar-refractivity contribution in [3.8, 4) is 0 Å². The number of nitrogens with zero attached hydrogens (tertiary/aromatic N) is 4. The summed E-state index contributed by atoms with van der Waals surface area (Å²) < 4.78 is 19.1. The highest BCUT2D eigenvalue weighted by Crippen LogP contribution is 2.35. The number of rotatable bonds is 8.